The number of nitrogens with two attached hydrogens (primary N) is 1. The SMILES string of the molecule is N[C@@H](Cc1cnc[nH]1)C(=O)NC(=O)[C@@H]1CCCN1c1ccccc1. The van der Waals surface area contributed by atoms with E-state index < -0.39 is 11.9 Å². The number of imide groups is 1. The van der Waals surface area contributed by atoms with E-state index in [9.17, 15) is 9.59 Å². The number of amides is 2. The van der Waals surface area contributed by atoms with E-state index in [4.69, 9.17) is 5.73 Å². The van der Waals surface area contributed by atoms with E-state index in [0.717, 1.165) is 30.8 Å². The van der Waals surface area contributed by atoms with Crippen molar-refractivity contribution in [2.24, 2.45) is 5.73 Å². The maximum atomic E-state index is 12.5. The second-order valence-electron chi connectivity index (χ2n) is 5.93. The molecule has 0 unspecified atom stereocenters. The van der Waals surface area contributed by atoms with Crippen molar-refractivity contribution >= 4 is 17.5 Å². The maximum absolute atomic E-state index is 12.5. The lowest BCUT2D eigenvalue weighted by Gasteiger charge is -2.26. The third-order valence-electron chi connectivity index (χ3n) is 4.22. The molecule has 2 amide bonds. The molecule has 2 atom stereocenters. The lowest BCUT2D eigenvalue weighted by atomic mass is 10.1. The van der Waals surface area contributed by atoms with Crippen molar-refractivity contribution in [3.63, 3.8) is 0 Å². The first-order chi connectivity index (χ1) is 11.6. The fraction of sp³-hybridized carbons (Fsp3) is 0.353. The van der Waals surface area contributed by atoms with E-state index >= 15 is 0 Å². The van der Waals surface area contributed by atoms with Crippen LogP contribution in [0.25, 0.3) is 0 Å². The number of hydrogen-bond donors (Lipinski definition) is 3. The molecule has 1 aromatic heterocycles. The van der Waals surface area contributed by atoms with Gasteiger partial charge in [0.1, 0.15) is 6.04 Å². The Hall–Kier alpha value is -2.67. The molecule has 0 aliphatic carbocycles. The number of benzene rings is 1. The smallest absolute Gasteiger partial charge is 0.249 e. The molecular weight excluding hydrogens is 306 g/mol. The number of nitrogens with zero attached hydrogens (tertiary/aromatic N) is 2. The van der Waals surface area contributed by atoms with E-state index in [1.165, 1.54) is 6.33 Å². The molecule has 0 saturated carbocycles. The molecule has 1 fully saturated rings. The zero-order valence-corrected chi connectivity index (χ0v) is 13.3. The van der Waals surface area contributed by atoms with Crippen LogP contribution in [0.5, 0.6) is 0 Å². The zero-order chi connectivity index (χ0) is 16.9. The van der Waals surface area contributed by atoms with Crippen molar-refractivity contribution in [2.45, 2.75) is 31.3 Å². The van der Waals surface area contributed by atoms with Gasteiger partial charge in [-0.1, -0.05) is 18.2 Å². The highest BCUT2D eigenvalue weighted by Crippen LogP contribution is 2.25. The summed E-state index contributed by atoms with van der Waals surface area (Å²) < 4.78 is 0. The van der Waals surface area contributed by atoms with Gasteiger partial charge in [0.2, 0.25) is 11.8 Å². The number of anilines is 1. The topological polar surface area (TPSA) is 104 Å². The van der Waals surface area contributed by atoms with Gasteiger partial charge >= 0.3 is 0 Å². The Kier molecular flexibility index (Phi) is 4.90. The number of H-pyrrole nitrogens is 1. The van der Waals surface area contributed by atoms with Crippen LogP contribution < -0.4 is 16.0 Å². The molecule has 3 rings (SSSR count). The summed E-state index contributed by atoms with van der Waals surface area (Å²) in [6.07, 6.45) is 5.10. The van der Waals surface area contributed by atoms with Gasteiger partial charge < -0.3 is 15.6 Å². The number of para-hydroxylation sites is 1. The molecule has 7 heteroatoms. The van der Waals surface area contributed by atoms with Crippen molar-refractivity contribution in [2.75, 3.05) is 11.4 Å². The van der Waals surface area contributed by atoms with Crippen LogP contribution in [0.3, 0.4) is 0 Å². The van der Waals surface area contributed by atoms with Gasteiger partial charge in [0, 0.05) is 30.5 Å². The van der Waals surface area contributed by atoms with E-state index in [-0.39, 0.29) is 11.9 Å². The van der Waals surface area contributed by atoms with Gasteiger partial charge in [0.15, 0.2) is 0 Å². The van der Waals surface area contributed by atoms with Gasteiger partial charge in [0.25, 0.3) is 0 Å². The number of rotatable bonds is 5. The summed E-state index contributed by atoms with van der Waals surface area (Å²) >= 11 is 0. The van der Waals surface area contributed by atoms with Gasteiger partial charge in [-0.3, -0.25) is 14.9 Å². The monoisotopic (exact) mass is 327 g/mol. The average molecular weight is 327 g/mol. The van der Waals surface area contributed by atoms with Crippen LogP contribution in [-0.4, -0.2) is 40.4 Å². The number of aromatic amines is 1. The summed E-state index contributed by atoms with van der Waals surface area (Å²) in [5.41, 5.74) is 7.63. The van der Waals surface area contributed by atoms with Crippen LogP contribution in [0, 0.1) is 0 Å². The highest BCUT2D eigenvalue weighted by atomic mass is 16.2. The van der Waals surface area contributed by atoms with E-state index in [1.807, 2.05) is 35.2 Å². The molecule has 0 radical (unpaired) electrons. The molecule has 126 valence electrons. The quantitative estimate of drug-likeness (QED) is 0.746. The van der Waals surface area contributed by atoms with E-state index in [0.29, 0.717) is 6.42 Å². The van der Waals surface area contributed by atoms with E-state index in [2.05, 4.69) is 15.3 Å². The molecule has 1 aromatic carbocycles. The fourth-order valence-electron chi connectivity index (χ4n) is 2.99. The minimum Gasteiger partial charge on any atom is -0.360 e. The number of aromatic nitrogens is 2. The van der Waals surface area contributed by atoms with Gasteiger partial charge in [0.05, 0.1) is 12.4 Å². The number of carbonyl (C=O) groups is 2. The first-order valence-electron chi connectivity index (χ1n) is 8.04. The van der Waals surface area contributed by atoms with Gasteiger partial charge in [-0.05, 0) is 25.0 Å². The molecule has 2 heterocycles. The Morgan fingerprint density at radius 3 is 2.88 bits per heavy atom. The summed E-state index contributed by atoms with van der Waals surface area (Å²) in [6, 6.07) is 8.63. The fourth-order valence-corrected chi connectivity index (χ4v) is 2.99. The van der Waals surface area contributed by atoms with Crippen LogP contribution in [0.4, 0.5) is 5.69 Å². The zero-order valence-electron chi connectivity index (χ0n) is 13.3. The van der Waals surface area contributed by atoms with Crippen molar-refractivity contribution in [1.29, 1.82) is 0 Å². The first-order valence-corrected chi connectivity index (χ1v) is 8.04. The van der Waals surface area contributed by atoms with Crippen molar-refractivity contribution < 1.29 is 9.59 Å². The molecule has 24 heavy (non-hydrogen) atoms. The highest BCUT2D eigenvalue weighted by Gasteiger charge is 2.32. The van der Waals surface area contributed by atoms with E-state index in [1.54, 1.807) is 6.20 Å². The number of carbonyl (C=O) groups excluding carboxylic acids is 2. The molecule has 1 aliphatic heterocycles. The predicted molar refractivity (Wildman–Crippen MR) is 90.2 cm³/mol. The Morgan fingerprint density at radius 2 is 2.17 bits per heavy atom. The number of hydrogen-bond acceptors (Lipinski definition) is 5. The Labute approximate surface area is 140 Å². The summed E-state index contributed by atoms with van der Waals surface area (Å²) in [4.78, 5) is 33.5. The molecule has 2 aromatic rings. The van der Waals surface area contributed by atoms with Crippen LogP contribution in [0.2, 0.25) is 0 Å². The summed E-state index contributed by atoms with van der Waals surface area (Å²) in [5.74, 6) is -0.754. The summed E-state index contributed by atoms with van der Waals surface area (Å²) in [5, 5.41) is 2.45. The molecule has 0 bridgehead atoms. The standard InChI is InChI=1S/C17H21N5O2/c18-14(9-12-10-19-11-20-12)16(23)21-17(24)15-7-4-8-22(15)13-5-2-1-3-6-13/h1-3,5-6,10-11,14-15H,4,7-9,18H2,(H,19,20)(H,21,23,24)/t14-,15-/m0/s1. The summed E-state index contributed by atoms with van der Waals surface area (Å²) in [6.45, 7) is 0.802. The third-order valence-corrected chi connectivity index (χ3v) is 4.22. The second-order valence-corrected chi connectivity index (χ2v) is 5.93. The van der Waals surface area contributed by atoms with Crippen LogP contribution in [0.15, 0.2) is 42.9 Å². The normalized spacial score (nSPS) is 18.4. The molecule has 1 aliphatic rings. The molecule has 0 spiro atoms. The lowest BCUT2D eigenvalue weighted by Crippen LogP contribution is -2.51. The number of imidazole rings is 1. The van der Waals surface area contributed by atoms with Gasteiger partial charge in [-0.25, -0.2) is 4.98 Å². The predicted octanol–water partition coefficient (Wildman–Crippen LogP) is 0.591. The highest BCUT2D eigenvalue weighted by molar-refractivity contribution is 6.01. The van der Waals surface area contributed by atoms with Crippen LogP contribution in [0.1, 0.15) is 18.5 Å². The Bertz CT molecular complexity index is 686. The molecule has 7 nitrogen and oxygen atoms in total. The van der Waals surface area contributed by atoms with Crippen LogP contribution >= 0.6 is 0 Å². The van der Waals surface area contributed by atoms with Crippen molar-refractivity contribution in [3.05, 3.63) is 48.5 Å². The Morgan fingerprint density at radius 1 is 1.38 bits per heavy atom. The molecule has 1 saturated heterocycles. The average Bonchev–Trinajstić information content (AvgIpc) is 3.27. The second kappa shape index (κ2) is 7.27. The van der Waals surface area contributed by atoms with Gasteiger partial charge in [-0.2, -0.15) is 0 Å². The Balaban J connectivity index is 1.60. The van der Waals surface area contributed by atoms with Gasteiger partial charge in [-0.15, -0.1) is 0 Å². The first kappa shape index (κ1) is 16.2. The van der Waals surface area contributed by atoms with Crippen molar-refractivity contribution in [1.82, 2.24) is 15.3 Å². The largest absolute Gasteiger partial charge is 0.360 e. The van der Waals surface area contributed by atoms with Crippen LogP contribution in [-0.2, 0) is 16.0 Å². The lowest BCUT2D eigenvalue weighted by molar-refractivity contribution is -0.131. The minimum atomic E-state index is -0.791. The minimum absolute atomic E-state index is 0.290. The molecular formula is C17H21N5O2. The number of nitrogens with one attached hydrogen (secondary N) is 2. The summed E-state index contributed by atoms with van der Waals surface area (Å²) in [7, 11) is 0. The maximum Gasteiger partial charge on any atom is 0.249 e. The third kappa shape index (κ3) is 3.62. The van der Waals surface area contributed by atoms with Crippen molar-refractivity contribution in [3.8, 4) is 0 Å². The molecule has 4 N–H and O–H groups in total.